The topological polar surface area (TPSA) is 35.2 Å². The number of hydrogen-bond donors (Lipinski definition) is 1. The molecule has 0 saturated heterocycles. The van der Waals surface area contributed by atoms with Crippen LogP contribution in [0.3, 0.4) is 0 Å². The fourth-order valence-electron chi connectivity index (χ4n) is 1.60. The molecule has 100 valence electrons. The third-order valence-electron chi connectivity index (χ3n) is 2.74. The van der Waals surface area contributed by atoms with Gasteiger partial charge in [0.1, 0.15) is 12.4 Å². The fourth-order valence-corrected chi connectivity index (χ4v) is 1.79. The highest BCUT2D eigenvalue weighted by atomic mass is 35.5. The van der Waals surface area contributed by atoms with Crippen LogP contribution in [-0.4, -0.2) is 0 Å². The molecule has 19 heavy (non-hydrogen) atoms. The number of hydrogen-bond acceptors (Lipinski definition) is 2. The van der Waals surface area contributed by atoms with E-state index in [4.69, 9.17) is 22.1 Å². The first kappa shape index (κ1) is 13.6. The van der Waals surface area contributed by atoms with Crippen molar-refractivity contribution >= 4 is 17.3 Å². The van der Waals surface area contributed by atoms with Crippen molar-refractivity contribution in [3.05, 3.63) is 58.1 Å². The third kappa shape index (κ3) is 2.96. The van der Waals surface area contributed by atoms with Crippen molar-refractivity contribution in [3.63, 3.8) is 0 Å². The van der Waals surface area contributed by atoms with Crippen LogP contribution in [0.15, 0.2) is 30.3 Å². The van der Waals surface area contributed by atoms with Crippen molar-refractivity contribution in [2.24, 2.45) is 0 Å². The monoisotopic (exact) mass is 283 g/mol. The molecule has 0 aliphatic rings. The van der Waals surface area contributed by atoms with Crippen LogP contribution >= 0.6 is 11.6 Å². The Morgan fingerprint density at radius 2 is 2.00 bits per heavy atom. The second-order valence-electron chi connectivity index (χ2n) is 4.14. The molecule has 2 aromatic carbocycles. The predicted octanol–water partition coefficient (Wildman–Crippen LogP) is 4.09. The molecule has 0 amide bonds. The number of anilines is 1. The van der Waals surface area contributed by atoms with E-state index in [1.165, 1.54) is 24.3 Å². The maximum atomic E-state index is 13.6. The third-order valence-corrected chi connectivity index (χ3v) is 3.03. The zero-order valence-electron chi connectivity index (χ0n) is 10.2. The number of benzene rings is 2. The van der Waals surface area contributed by atoms with Gasteiger partial charge in [-0.2, -0.15) is 0 Å². The van der Waals surface area contributed by atoms with Gasteiger partial charge in [-0.25, -0.2) is 8.78 Å². The van der Waals surface area contributed by atoms with Gasteiger partial charge in [-0.15, -0.1) is 0 Å². The van der Waals surface area contributed by atoms with Crippen molar-refractivity contribution < 1.29 is 13.5 Å². The molecule has 2 rings (SSSR count). The minimum absolute atomic E-state index is 0.00931. The highest BCUT2D eigenvalue weighted by Crippen LogP contribution is 2.25. The maximum Gasteiger partial charge on any atom is 0.167 e. The lowest BCUT2D eigenvalue weighted by atomic mass is 10.2. The van der Waals surface area contributed by atoms with Gasteiger partial charge in [0.05, 0.1) is 5.02 Å². The molecule has 2 aromatic rings. The van der Waals surface area contributed by atoms with Crippen LogP contribution in [0, 0.1) is 18.6 Å². The fraction of sp³-hybridized carbons (Fsp3) is 0.143. The number of nitrogen functional groups attached to an aromatic ring is 1. The Labute approximate surface area is 114 Å². The van der Waals surface area contributed by atoms with Gasteiger partial charge in [-0.3, -0.25) is 0 Å². The van der Waals surface area contributed by atoms with Gasteiger partial charge in [0.2, 0.25) is 0 Å². The van der Waals surface area contributed by atoms with Crippen molar-refractivity contribution in [1.29, 1.82) is 0 Å². The summed E-state index contributed by atoms with van der Waals surface area (Å²) in [7, 11) is 0. The van der Waals surface area contributed by atoms with E-state index < -0.39 is 11.6 Å². The summed E-state index contributed by atoms with van der Waals surface area (Å²) in [5, 5.41) is 0.00931. The van der Waals surface area contributed by atoms with E-state index in [9.17, 15) is 8.78 Å². The standard InChI is InChI=1S/C14H12ClF2NO/c1-8-5-13(11(16)6-12(8)18)19-7-9-3-2-4-10(15)14(9)17/h2-6H,7,18H2,1H3. The molecule has 0 aliphatic heterocycles. The summed E-state index contributed by atoms with van der Waals surface area (Å²) in [6.07, 6.45) is 0. The van der Waals surface area contributed by atoms with Crippen molar-refractivity contribution in [1.82, 2.24) is 0 Å². The summed E-state index contributed by atoms with van der Waals surface area (Å²) in [5.74, 6) is -1.10. The Kier molecular flexibility index (Phi) is 3.90. The molecule has 0 atom stereocenters. The molecule has 0 unspecified atom stereocenters. The molecule has 0 fully saturated rings. The summed E-state index contributed by atoms with van der Waals surface area (Å²) in [6, 6.07) is 7.23. The number of rotatable bonds is 3. The lowest BCUT2D eigenvalue weighted by Crippen LogP contribution is -2.02. The molecule has 0 aliphatic carbocycles. The lowest BCUT2D eigenvalue weighted by molar-refractivity contribution is 0.284. The summed E-state index contributed by atoms with van der Waals surface area (Å²) in [6.45, 7) is 1.63. The summed E-state index contributed by atoms with van der Waals surface area (Å²) >= 11 is 5.65. The Morgan fingerprint density at radius 1 is 1.26 bits per heavy atom. The number of halogens is 3. The van der Waals surface area contributed by atoms with Gasteiger partial charge < -0.3 is 10.5 Å². The largest absolute Gasteiger partial charge is 0.486 e. The van der Waals surface area contributed by atoms with Gasteiger partial charge >= 0.3 is 0 Å². The Hall–Kier alpha value is -1.81. The minimum atomic E-state index is -0.578. The molecule has 0 saturated carbocycles. The second-order valence-corrected chi connectivity index (χ2v) is 4.55. The molecule has 2 nitrogen and oxygen atoms in total. The highest BCUT2D eigenvalue weighted by Gasteiger charge is 2.10. The van der Waals surface area contributed by atoms with Gasteiger partial charge in [-0.05, 0) is 24.6 Å². The zero-order chi connectivity index (χ0) is 14.0. The summed E-state index contributed by atoms with van der Waals surface area (Å²) in [4.78, 5) is 0. The summed E-state index contributed by atoms with van der Waals surface area (Å²) in [5.41, 5.74) is 6.88. The van der Waals surface area contributed by atoms with Crippen LogP contribution in [0.1, 0.15) is 11.1 Å². The molecule has 2 N–H and O–H groups in total. The smallest absolute Gasteiger partial charge is 0.167 e. The normalized spacial score (nSPS) is 10.5. The summed E-state index contributed by atoms with van der Waals surface area (Å²) < 4.78 is 32.5. The van der Waals surface area contributed by atoms with Crippen LogP contribution in [0.4, 0.5) is 14.5 Å². The molecule has 0 spiro atoms. The molecule has 0 bridgehead atoms. The Morgan fingerprint density at radius 3 is 2.74 bits per heavy atom. The van der Waals surface area contributed by atoms with Crippen molar-refractivity contribution in [3.8, 4) is 5.75 Å². The van der Waals surface area contributed by atoms with Crippen molar-refractivity contribution in [2.75, 3.05) is 5.73 Å². The van der Waals surface area contributed by atoms with E-state index in [2.05, 4.69) is 0 Å². The lowest BCUT2D eigenvalue weighted by Gasteiger charge is -2.10. The van der Waals surface area contributed by atoms with Crippen LogP contribution < -0.4 is 10.5 Å². The highest BCUT2D eigenvalue weighted by molar-refractivity contribution is 6.30. The van der Waals surface area contributed by atoms with E-state index in [0.717, 1.165) is 0 Å². The first-order valence-electron chi connectivity index (χ1n) is 5.60. The number of ether oxygens (including phenoxy) is 1. The zero-order valence-corrected chi connectivity index (χ0v) is 11.0. The quantitative estimate of drug-likeness (QED) is 0.861. The first-order valence-corrected chi connectivity index (χ1v) is 5.98. The molecule has 0 aromatic heterocycles. The average molecular weight is 284 g/mol. The van der Waals surface area contributed by atoms with E-state index in [-0.39, 0.29) is 22.9 Å². The number of aryl methyl sites for hydroxylation is 1. The molecule has 0 heterocycles. The van der Waals surface area contributed by atoms with Crippen LogP contribution in [-0.2, 0) is 6.61 Å². The molecular weight excluding hydrogens is 272 g/mol. The van der Waals surface area contributed by atoms with Crippen LogP contribution in [0.5, 0.6) is 5.75 Å². The molecule has 5 heteroatoms. The Balaban J connectivity index is 2.19. The average Bonchev–Trinajstić information content (AvgIpc) is 2.37. The van der Waals surface area contributed by atoms with E-state index in [0.29, 0.717) is 11.3 Å². The van der Waals surface area contributed by atoms with E-state index >= 15 is 0 Å². The van der Waals surface area contributed by atoms with E-state index in [1.807, 2.05) is 0 Å². The predicted molar refractivity (Wildman–Crippen MR) is 71.3 cm³/mol. The second kappa shape index (κ2) is 5.45. The van der Waals surface area contributed by atoms with Gasteiger partial charge in [0, 0.05) is 17.3 Å². The SMILES string of the molecule is Cc1cc(OCc2cccc(Cl)c2F)c(F)cc1N. The van der Waals surface area contributed by atoms with Crippen LogP contribution in [0.2, 0.25) is 5.02 Å². The first-order chi connectivity index (χ1) is 8.99. The van der Waals surface area contributed by atoms with E-state index in [1.54, 1.807) is 13.0 Å². The van der Waals surface area contributed by atoms with Crippen molar-refractivity contribution in [2.45, 2.75) is 13.5 Å². The van der Waals surface area contributed by atoms with Gasteiger partial charge in [0.15, 0.2) is 11.6 Å². The number of nitrogens with two attached hydrogens (primary N) is 1. The molecule has 0 radical (unpaired) electrons. The minimum Gasteiger partial charge on any atom is -0.486 e. The van der Waals surface area contributed by atoms with Crippen LogP contribution in [0.25, 0.3) is 0 Å². The van der Waals surface area contributed by atoms with Gasteiger partial charge in [0.25, 0.3) is 0 Å². The Bertz CT molecular complexity index is 617. The maximum absolute atomic E-state index is 13.6. The molecular formula is C14H12ClF2NO. The van der Waals surface area contributed by atoms with Gasteiger partial charge in [-0.1, -0.05) is 23.7 Å².